The first-order valence-electron chi connectivity index (χ1n) is 6.50. The molecule has 0 aliphatic carbocycles. The summed E-state index contributed by atoms with van der Waals surface area (Å²) in [5.74, 6) is 0.865. The molecule has 1 atom stereocenters. The normalized spacial score (nSPS) is 12.2. The van der Waals surface area contributed by atoms with Gasteiger partial charge in [-0.25, -0.2) is 0 Å². The van der Waals surface area contributed by atoms with Gasteiger partial charge in [0.2, 0.25) is 0 Å². The average Bonchev–Trinajstić information content (AvgIpc) is 2.42. The largest absolute Gasteiger partial charge is 0.494 e. The van der Waals surface area contributed by atoms with E-state index in [-0.39, 0.29) is 6.04 Å². The summed E-state index contributed by atoms with van der Waals surface area (Å²) in [6.45, 7) is 2.64. The summed E-state index contributed by atoms with van der Waals surface area (Å²) in [6, 6.07) is 14.0. The highest BCUT2D eigenvalue weighted by Crippen LogP contribution is 2.32. The van der Waals surface area contributed by atoms with Crippen LogP contribution in [0.3, 0.4) is 0 Å². The van der Waals surface area contributed by atoms with Gasteiger partial charge in [0.25, 0.3) is 0 Å². The van der Waals surface area contributed by atoms with Crippen LogP contribution in [0.1, 0.15) is 24.1 Å². The lowest BCUT2D eigenvalue weighted by Gasteiger charge is -2.19. The topological polar surface area (TPSA) is 21.3 Å². The lowest BCUT2D eigenvalue weighted by molar-refractivity contribution is 0.340. The van der Waals surface area contributed by atoms with Crippen molar-refractivity contribution >= 4 is 27.5 Å². The molecule has 2 rings (SSSR count). The zero-order chi connectivity index (χ0) is 14.5. The lowest BCUT2D eigenvalue weighted by atomic mass is 9.99. The summed E-state index contributed by atoms with van der Waals surface area (Å²) in [4.78, 5) is 0. The van der Waals surface area contributed by atoms with Crippen molar-refractivity contribution in [1.82, 2.24) is 5.32 Å². The number of hydrogen-bond acceptors (Lipinski definition) is 2. The highest BCUT2D eigenvalue weighted by atomic mass is 79.9. The van der Waals surface area contributed by atoms with Crippen LogP contribution in [0.25, 0.3) is 0 Å². The molecule has 0 bridgehead atoms. The maximum Gasteiger partial charge on any atom is 0.120 e. The van der Waals surface area contributed by atoms with Crippen LogP contribution in [0.4, 0.5) is 0 Å². The maximum absolute atomic E-state index is 6.08. The minimum absolute atomic E-state index is 0.0822. The lowest BCUT2D eigenvalue weighted by Crippen LogP contribution is -2.18. The Morgan fingerprint density at radius 3 is 2.65 bits per heavy atom. The van der Waals surface area contributed by atoms with Crippen LogP contribution in [0.5, 0.6) is 5.75 Å². The van der Waals surface area contributed by atoms with Crippen molar-refractivity contribution in [2.75, 3.05) is 13.7 Å². The van der Waals surface area contributed by atoms with Gasteiger partial charge in [-0.2, -0.15) is 0 Å². The van der Waals surface area contributed by atoms with E-state index in [4.69, 9.17) is 16.3 Å². The Morgan fingerprint density at radius 1 is 1.25 bits per heavy atom. The van der Waals surface area contributed by atoms with Crippen LogP contribution in [-0.2, 0) is 0 Å². The Bertz CT molecular complexity index is 588. The van der Waals surface area contributed by atoms with Crippen LogP contribution in [0, 0.1) is 0 Å². The zero-order valence-electron chi connectivity index (χ0n) is 11.5. The molecule has 0 fully saturated rings. The molecular weight excluding hydrogens is 338 g/mol. The molecule has 0 radical (unpaired) electrons. The molecule has 1 unspecified atom stereocenters. The van der Waals surface area contributed by atoms with E-state index >= 15 is 0 Å². The Kier molecular flexibility index (Phi) is 5.46. The SMILES string of the molecule is CCOc1ccc(C(NC)c2cccc(Cl)c2)c(Br)c1. The van der Waals surface area contributed by atoms with Crippen molar-refractivity contribution in [2.24, 2.45) is 0 Å². The average molecular weight is 355 g/mol. The number of benzene rings is 2. The van der Waals surface area contributed by atoms with Crippen LogP contribution < -0.4 is 10.1 Å². The van der Waals surface area contributed by atoms with E-state index in [2.05, 4.69) is 33.4 Å². The molecule has 0 saturated heterocycles. The van der Waals surface area contributed by atoms with Crippen molar-refractivity contribution in [1.29, 1.82) is 0 Å². The van der Waals surface area contributed by atoms with Crippen molar-refractivity contribution in [3.63, 3.8) is 0 Å². The van der Waals surface area contributed by atoms with E-state index in [1.54, 1.807) is 0 Å². The van der Waals surface area contributed by atoms with Crippen LogP contribution >= 0.6 is 27.5 Å². The summed E-state index contributed by atoms with van der Waals surface area (Å²) in [7, 11) is 1.94. The predicted molar refractivity (Wildman–Crippen MR) is 87.7 cm³/mol. The van der Waals surface area contributed by atoms with Gasteiger partial charge in [-0.05, 0) is 49.4 Å². The molecule has 4 heteroatoms. The first-order chi connectivity index (χ1) is 9.65. The minimum atomic E-state index is 0.0822. The van der Waals surface area contributed by atoms with Gasteiger partial charge in [0.05, 0.1) is 12.6 Å². The Hall–Kier alpha value is -1.03. The highest BCUT2D eigenvalue weighted by molar-refractivity contribution is 9.10. The second-order valence-electron chi connectivity index (χ2n) is 4.39. The summed E-state index contributed by atoms with van der Waals surface area (Å²) >= 11 is 9.70. The third-order valence-corrected chi connectivity index (χ3v) is 3.99. The Labute approximate surface area is 133 Å². The van der Waals surface area contributed by atoms with Gasteiger partial charge in [-0.15, -0.1) is 0 Å². The third kappa shape index (κ3) is 3.54. The molecular formula is C16H17BrClNO. The summed E-state index contributed by atoms with van der Waals surface area (Å²) in [5, 5.41) is 4.07. The molecule has 2 aromatic carbocycles. The second-order valence-corrected chi connectivity index (χ2v) is 5.68. The van der Waals surface area contributed by atoms with Gasteiger partial charge >= 0.3 is 0 Å². The number of nitrogens with one attached hydrogen (secondary N) is 1. The molecule has 0 amide bonds. The second kappa shape index (κ2) is 7.11. The summed E-state index contributed by atoms with van der Waals surface area (Å²) in [5.41, 5.74) is 2.28. The van der Waals surface area contributed by atoms with Crippen molar-refractivity contribution < 1.29 is 4.74 Å². The van der Waals surface area contributed by atoms with E-state index in [1.807, 2.05) is 44.3 Å². The van der Waals surface area contributed by atoms with E-state index < -0.39 is 0 Å². The molecule has 0 aliphatic rings. The number of rotatable bonds is 5. The van der Waals surface area contributed by atoms with E-state index in [1.165, 1.54) is 0 Å². The van der Waals surface area contributed by atoms with Crippen LogP contribution in [-0.4, -0.2) is 13.7 Å². The molecule has 106 valence electrons. The molecule has 0 spiro atoms. The molecule has 2 nitrogen and oxygen atoms in total. The van der Waals surface area contributed by atoms with Crippen molar-refractivity contribution in [2.45, 2.75) is 13.0 Å². The predicted octanol–water partition coefficient (Wildman–Crippen LogP) is 4.81. The fourth-order valence-electron chi connectivity index (χ4n) is 2.19. The molecule has 2 aromatic rings. The van der Waals surface area contributed by atoms with Crippen LogP contribution in [0.15, 0.2) is 46.9 Å². The fourth-order valence-corrected chi connectivity index (χ4v) is 2.97. The van der Waals surface area contributed by atoms with Gasteiger partial charge < -0.3 is 10.1 Å². The van der Waals surface area contributed by atoms with Gasteiger partial charge in [-0.1, -0.05) is 45.7 Å². The van der Waals surface area contributed by atoms with E-state index in [0.717, 1.165) is 26.4 Å². The maximum atomic E-state index is 6.08. The summed E-state index contributed by atoms with van der Waals surface area (Å²) < 4.78 is 6.52. The molecule has 0 heterocycles. The third-order valence-electron chi connectivity index (χ3n) is 3.06. The minimum Gasteiger partial charge on any atom is -0.494 e. The van der Waals surface area contributed by atoms with Gasteiger partial charge in [0, 0.05) is 9.50 Å². The summed E-state index contributed by atoms with van der Waals surface area (Å²) in [6.07, 6.45) is 0. The van der Waals surface area contributed by atoms with E-state index in [0.29, 0.717) is 6.61 Å². The standard InChI is InChI=1S/C16H17BrClNO/c1-3-20-13-7-8-14(15(17)10-13)16(19-2)11-5-4-6-12(18)9-11/h4-10,16,19H,3H2,1-2H3. The number of halogens is 2. The zero-order valence-corrected chi connectivity index (χ0v) is 13.8. The first-order valence-corrected chi connectivity index (χ1v) is 7.67. The highest BCUT2D eigenvalue weighted by Gasteiger charge is 2.15. The van der Waals surface area contributed by atoms with Crippen molar-refractivity contribution in [3.8, 4) is 5.75 Å². The van der Waals surface area contributed by atoms with Gasteiger partial charge in [0.15, 0.2) is 0 Å². The monoisotopic (exact) mass is 353 g/mol. The number of hydrogen-bond donors (Lipinski definition) is 1. The molecule has 0 saturated carbocycles. The van der Waals surface area contributed by atoms with Gasteiger partial charge in [-0.3, -0.25) is 0 Å². The molecule has 0 aliphatic heterocycles. The molecule has 20 heavy (non-hydrogen) atoms. The molecule has 1 N–H and O–H groups in total. The molecule has 0 aromatic heterocycles. The Balaban J connectivity index is 2.37. The number of ether oxygens (including phenoxy) is 1. The first kappa shape index (κ1) is 15.4. The van der Waals surface area contributed by atoms with Crippen molar-refractivity contribution in [3.05, 3.63) is 63.1 Å². The van der Waals surface area contributed by atoms with Gasteiger partial charge in [0.1, 0.15) is 5.75 Å². The van der Waals surface area contributed by atoms with E-state index in [9.17, 15) is 0 Å². The smallest absolute Gasteiger partial charge is 0.120 e. The van der Waals surface area contributed by atoms with Crippen LogP contribution in [0.2, 0.25) is 5.02 Å². The fraction of sp³-hybridized carbons (Fsp3) is 0.250. The Morgan fingerprint density at radius 2 is 2.05 bits per heavy atom. The quantitative estimate of drug-likeness (QED) is 0.832.